The summed E-state index contributed by atoms with van der Waals surface area (Å²) in [4.78, 5) is 37.2. The lowest BCUT2D eigenvalue weighted by Gasteiger charge is -2.18. The quantitative estimate of drug-likeness (QED) is 0.839. The molecule has 2 N–H and O–H groups in total. The fourth-order valence-corrected chi connectivity index (χ4v) is 2.95. The van der Waals surface area contributed by atoms with Crippen LogP contribution in [-0.4, -0.2) is 34.8 Å². The molecule has 2 aromatic carbocycles. The first-order valence-electron chi connectivity index (χ1n) is 8.20. The number of nitrogens with zero attached hydrogens (tertiary/aromatic N) is 1. The molecule has 0 radical (unpaired) electrons. The molecule has 0 aliphatic carbocycles. The molecule has 0 saturated carbocycles. The molecule has 1 saturated heterocycles. The minimum absolute atomic E-state index is 0.231. The van der Waals surface area contributed by atoms with Gasteiger partial charge in [-0.05, 0) is 43.2 Å². The van der Waals surface area contributed by atoms with Crippen LogP contribution in [0.5, 0.6) is 0 Å². The fraction of sp³-hybridized carbons (Fsp3) is 0.316. The van der Waals surface area contributed by atoms with Crippen molar-refractivity contribution in [2.45, 2.75) is 32.4 Å². The minimum atomic E-state index is -0.971. The van der Waals surface area contributed by atoms with Crippen LogP contribution in [0.1, 0.15) is 32.4 Å². The highest BCUT2D eigenvalue weighted by Crippen LogP contribution is 2.21. The van der Waals surface area contributed by atoms with Crippen LogP contribution in [0.25, 0.3) is 10.8 Å². The van der Waals surface area contributed by atoms with E-state index < -0.39 is 17.5 Å². The van der Waals surface area contributed by atoms with Gasteiger partial charge in [-0.1, -0.05) is 36.4 Å². The summed E-state index contributed by atoms with van der Waals surface area (Å²) in [6.07, 6.45) is 0. The Balaban J connectivity index is 1.68. The van der Waals surface area contributed by atoms with Gasteiger partial charge in [0, 0.05) is 0 Å². The summed E-state index contributed by atoms with van der Waals surface area (Å²) in [7, 11) is 0. The maximum atomic E-state index is 12.3. The van der Waals surface area contributed by atoms with Crippen molar-refractivity contribution in [2.24, 2.45) is 0 Å². The molecule has 1 fully saturated rings. The van der Waals surface area contributed by atoms with Gasteiger partial charge in [0.15, 0.2) is 0 Å². The van der Waals surface area contributed by atoms with Gasteiger partial charge in [0.2, 0.25) is 5.91 Å². The minimum Gasteiger partial charge on any atom is -0.348 e. The highest BCUT2D eigenvalue weighted by Gasteiger charge is 2.44. The number of nitrogens with one attached hydrogen (secondary N) is 2. The van der Waals surface area contributed by atoms with Gasteiger partial charge in [-0.15, -0.1) is 0 Å². The van der Waals surface area contributed by atoms with Crippen molar-refractivity contribution in [3.05, 3.63) is 48.0 Å². The van der Waals surface area contributed by atoms with Crippen LogP contribution in [0.15, 0.2) is 42.5 Å². The van der Waals surface area contributed by atoms with Crippen molar-refractivity contribution >= 4 is 28.6 Å². The Kier molecular flexibility index (Phi) is 4.20. The van der Waals surface area contributed by atoms with Gasteiger partial charge < -0.3 is 10.6 Å². The van der Waals surface area contributed by atoms with Crippen molar-refractivity contribution < 1.29 is 14.4 Å². The Bertz CT molecular complexity index is 860. The predicted octanol–water partition coefficient (Wildman–Crippen LogP) is 2.35. The van der Waals surface area contributed by atoms with Crippen molar-refractivity contribution in [3.63, 3.8) is 0 Å². The average molecular weight is 339 g/mol. The second-order valence-electron chi connectivity index (χ2n) is 6.84. The van der Waals surface area contributed by atoms with E-state index in [4.69, 9.17) is 0 Å². The summed E-state index contributed by atoms with van der Waals surface area (Å²) in [6.45, 7) is 4.82. The van der Waals surface area contributed by atoms with Crippen LogP contribution in [0.3, 0.4) is 0 Å². The second-order valence-corrected chi connectivity index (χ2v) is 6.84. The molecule has 1 aliphatic rings. The summed E-state index contributed by atoms with van der Waals surface area (Å²) in [5.74, 6) is -0.770. The van der Waals surface area contributed by atoms with E-state index in [1.54, 1.807) is 13.8 Å². The number of carbonyl (C=O) groups is 3. The normalized spacial score (nSPS) is 17.5. The maximum Gasteiger partial charge on any atom is 0.325 e. The molecule has 1 atom stereocenters. The number of fused-ring (bicyclic) bond motifs is 1. The van der Waals surface area contributed by atoms with Crippen LogP contribution >= 0.6 is 0 Å². The van der Waals surface area contributed by atoms with E-state index in [0.717, 1.165) is 21.2 Å². The van der Waals surface area contributed by atoms with Crippen LogP contribution in [-0.2, 0) is 9.59 Å². The molecule has 3 rings (SSSR count). The lowest BCUT2D eigenvalue weighted by Crippen LogP contribution is -2.43. The molecule has 130 valence electrons. The Morgan fingerprint density at radius 2 is 1.84 bits per heavy atom. The molecule has 6 nitrogen and oxygen atoms in total. The van der Waals surface area contributed by atoms with Crippen LogP contribution in [0.4, 0.5) is 4.79 Å². The summed E-state index contributed by atoms with van der Waals surface area (Å²) < 4.78 is 0. The molecule has 6 heteroatoms. The smallest absolute Gasteiger partial charge is 0.325 e. The highest BCUT2D eigenvalue weighted by atomic mass is 16.2. The van der Waals surface area contributed by atoms with Crippen molar-refractivity contribution in [2.75, 3.05) is 6.54 Å². The van der Waals surface area contributed by atoms with E-state index >= 15 is 0 Å². The number of urea groups is 1. The SMILES string of the molecule is CC(NC(=O)CN1C(=O)NC(C)(C)C1=O)c1ccc2ccccc2c1. The van der Waals surface area contributed by atoms with Gasteiger partial charge in [-0.25, -0.2) is 4.79 Å². The predicted molar refractivity (Wildman–Crippen MR) is 94.8 cm³/mol. The highest BCUT2D eigenvalue weighted by molar-refractivity contribution is 6.08. The number of amides is 4. The Labute approximate surface area is 146 Å². The monoisotopic (exact) mass is 339 g/mol. The average Bonchev–Trinajstić information content (AvgIpc) is 2.76. The van der Waals surface area contributed by atoms with Gasteiger partial charge in [-0.3, -0.25) is 14.5 Å². The third-order valence-corrected chi connectivity index (χ3v) is 4.40. The van der Waals surface area contributed by atoms with E-state index in [-0.39, 0.29) is 18.5 Å². The van der Waals surface area contributed by atoms with Crippen molar-refractivity contribution in [1.29, 1.82) is 0 Å². The van der Waals surface area contributed by atoms with Gasteiger partial charge >= 0.3 is 6.03 Å². The molecule has 1 unspecified atom stereocenters. The lowest BCUT2D eigenvalue weighted by molar-refractivity contribution is -0.134. The third-order valence-electron chi connectivity index (χ3n) is 4.40. The first-order valence-corrected chi connectivity index (χ1v) is 8.20. The first kappa shape index (κ1) is 17.0. The summed E-state index contributed by atoms with van der Waals surface area (Å²) in [5, 5.41) is 7.63. The second kappa shape index (κ2) is 6.20. The van der Waals surface area contributed by atoms with Crippen molar-refractivity contribution in [3.8, 4) is 0 Å². The van der Waals surface area contributed by atoms with Gasteiger partial charge in [0.05, 0.1) is 6.04 Å². The number of hydrogen-bond donors (Lipinski definition) is 2. The molecule has 4 amide bonds. The Morgan fingerprint density at radius 1 is 1.16 bits per heavy atom. The molecule has 2 aromatic rings. The number of carbonyl (C=O) groups excluding carboxylic acids is 3. The Hall–Kier alpha value is -2.89. The summed E-state index contributed by atoms with van der Waals surface area (Å²) >= 11 is 0. The van der Waals surface area contributed by atoms with E-state index in [0.29, 0.717) is 0 Å². The van der Waals surface area contributed by atoms with Gasteiger partial charge in [0.25, 0.3) is 5.91 Å². The molecule has 0 aromatic heterocycles. The third kappa shape index (κ3) is 3.33. The van der Waals surface area contributed by atoms with Crippen LogP contribution in [0.2, 0.25) is 0 Å². The zero-order chi connectivity index (χ0) is 18.2. The maximum absolute atomic E-state index is 12.3. The summed E-state index contributed by atoms with van der Waals surface area (Å²) in [6, 6.07) is 13.2. The topological polar surface area (TPSA) is 78.5 Å². The van der Waals surface area contributed by atoms with Crippen LogP contribution < -0.4 is 10.6 Å². The molecule has 1 aliphatic heterocycles. The molecule has 0 bridgehead atoms. The standard InChI is InChI=1S/C19H21N3O3/c1-12(14-9-8-13-6-4-5-7-15(13)10-14)20-16(23)11-22-17(24)19(2,3)21-18(22)25/h4-10,12H,11H2,1-3H3,(H,20,23)(H,21,25). The van der Waals surface area contributed by atoms with Crippen LogP contribution in [0, 0.1) is 0 Å². The molecule has 0 spiro atoms. The van der Waals surface area contributed by atoms with E-state index in [9.17, 15) is 14.4 Å². The lowest BCUT2D eigenvalue weighted by atomic mass is 10.0. The number of rotatable bonds is 4. The van der Waals surface area contributed by atoms with E-state index in [2.05, 4.69) is 10.6 Å². The summed E-state index contributed by atoms with van der Waals surface area (Å²) in [5.41, 5.74) is -0.00833. The molecular weight excluding hydrogens is 318 g/mol. The molecule has 25 heavy (non-hydrogen) atoms. The molecular formula is C19H21N3O3. The first-order chi connectivity index (χ1) is 11.8. The fourth-order valence-electron chi connectivity index (χ4n) is 2.95. The van der Waals surface area contributed by atoms with Gasteiger partial charge in [-0.2, -0.15) is 0 Å². The molecule has 1 heterocycles. The zero-order valence-corrected chi connectivity index (χ0v) is 14.5. The Morgan fingerprint density at radius 3 is 2.48 bits per heavy atom. The number of benzene rings is 2. The van der Waals surface area contributed by atoms with Crippen molar-refractivity contribution in [1.82, 2.24) is 15.5 Å². The zero-order valence-electron chi connectivity index (χ0n) is 14.5. The van der Waals surface area contributed by atoms with Gasteiger partial charge in [0.1, 0.15) is 12.1 Å². The van der Waals surface area contributed by atoms with E-state index in [1.807, 2.05) is 49.4 Å². The van der Waals surface area contributed by atoms with E-state index in [1.165, 1.54) is 0 Å². The number of hydrogen-bond acceptors (Lipinski definition) is 3. The number of imide groups is 1. The largest absolute Gasteiger partial charge is 0.348 e.